The van der Waals surface area contributed by atoms with Gasteiger partial charge in [-0.1, -0.05) is 24.3 Å². The molecule has 0 aliphatic carbocycles. The van der Waals surface area contributed by atoms with Crippen LogP contribution in [0.25, 0.3) is 5.52 Å². The molecule has 0 aliphatic rings. The Balaban J connectivity index is 2.27. The van der Waals surface area contributed by atoms with Gasteiger partial charge in [0.25, 0.3) is 0 Å². The predicted molar refractivity (Wildman–Crippen MR) is 69.3 cm³/mol. The molecule has 0 N–H and O–H groups in total. The van der Waals surface area contributed by atoms with E-state index in [9.17, 15) is 8.42 Å². The normalized spacial score (nSPS) is 11.8. The van der Waals surface area contributed by atoms with Crippen LogP contribution in [0.5, 0.6) is 0 Å². The van der Waals surface area contributed by atoms with Gasteiger partial charge in [-0.05, 0) is 30.3 Å². The molecule has 18 heavy (non-hydrogen) atoms. The van der Waals surface area contributed by atoms with Crippen molar-refractivity contribution >= 4 is 15.4 Å². The molecule has 0 bridgehead atoms. The number of pyridine rings is 1. The van der Waals surface area contributed by atoms with E-state index in [2.05, 4.69) is 0 Å². The summed E-state index contributed by atoms with van der Waals surface area (Å²) >= 11 is 0. The van der Waals surface area contributed by atoms with E-state index in [0.717, 1.165) is 0 Å². The average Bonchev–Trinajstić information content (AvgIpc) is 2.84. The standard InChI is InChI=1S/C14H11NO2S/c16-18(17,12-6-2-1-3-7-12)14-9-11-15-10-5-4-8-13(14)15/h1-11H. The fourth-order valence-electron chi connectivity index (χ4n) is 1.98. The zero-order valence-corrected chi connectivity index (χ0v) is 10.3. The molecule has 0 atom stereocenters. The Kier molecular flexibility index (Phi) is 2.45. The van der Waals surface area contributed by atoms with E-state index in [-0.39, 0.29) is 0 Å². The van der Waals surface area contributed by atoms with Crippen molar-refractivity contribution in [1.82, 2.24) is 4.40 Å². The topological polar surface area (TPSA) is 38.5 Å². The van der Waals surface area contributed by atoms with Crippen molar-refractivity contribution in [2.75, 3.05) is 0 Å². The number of rotatable bonds is 2. The minimum Gasteiger partial charge on any atom is -0.323 e. The molecular formula is C14H11NO2S. The van der Waals surface area contributed by atoms with Gasteiger partial charge in [0, 0.05) is 12.4 Å². The van der Waals surface area contributed by atoms with Crippen LogP contribution < -0.4 is 0 Å². The molecule has 0 amide bonds. The van der Waals surface area contributed by atoms with Gasteiger partial charge in [-0.3, -0.25) is 0 Å². The molecule has 0 radical (unpaired) electrons. The minimum absolute atomic E-state index is 0.321. The van der Waals surface area contributed by atoms with Gasteiger partial charge in [0.1, 0.15) is 0 Å². The predicted octanol–water partition coefficient (Wildman–Crippen LogP) is 2.77. The minimum atomic E-state index is -3.44. The van der Waals surface area contributed by atoms with Crippen LogP contribution in [0.3, 0.4) is 0 Å². The Morgan fingerprint density at radius 3 is 2.28 bits per heavy atom. The van der Waals surface area contributed by atoms with E-state index >= 15 is 0 Å². The Bertz CT molecular complexity index is 789. The average molecular weight is 257 g/mol. The van der Waals surface area contributed by atoms with E-state index in [1.807, 2.05) is 18.3 Å². The summed E-state index contributed by atoms with van der Waals surface area (Å²) in [5.41, 5.74) is 0.696. The van der Waals surface area contributed by atoms with Crippen molar-refractivity contribution in [2.24, 2.45) is 0 Å². The molecule has 0 unspecified atom stereocenters. The van der Waals surface area contributed by atoms with Crippen molar-refractivity contribution < 1.29 is 8.42 Å². The number of aromatic nitrogens is 1. The number of fused-ring (bicyclic) bond motifs is 1. The Morgan fingerprint density at radius 1 is 0.778 bits per heavy atom. The molecule has 0 saturated carbocycles. The Labute approximate surface area is 105 Å². The zero-order chi connectivity index (χ0) is 12.6. The van der Waals surface area contributed by atoms with Crippen LogP contribution >= 0.6 is 0 Å². The molecule has 3 rings (SSSR count). The van der Waals surface area contributed by atoms with Gasteiger partial charge in [-0.15, -0.1) is 0 Å². The quantitative estimate of drug-likeness (QED) is 0.708. The largest absolute Gasteiger partial charge is 0.323 e. The highest BCUT2D eigenvalue weighted by Crippen LogP contribution is 2.25. The van der Waals surface area contributed by atoms with Gasteiger partial charge in [-0.25, -0.2) is 8.42 Å². The van der Waals surface area contributed by atoms with Crippen LogP contribution in [0, 0.1) is 0 Å². The lowest BCUT2D eigenvalue weighted by Crippen LogP contribution is -2.01. The number of benzene rings is 1. The first kappa shape index (κ1) is 11.0. The molecule has 0 spiro atoms. The first-order valence-electron chi connectivity index (χ1n) is 5.55. The van der Waals surface area contributed by atoms with Gasteiger partial charge in [0.15, 0.2) is 0 Å². The fourth-order valence-corrected chi connectivity index (χ4v) is 3.44. The summed E-state index contributed by atoms with van der Waals surface area (Å²) in [4.78, 5) is 0.663. The van der Waals surface area contributed by atoms with Crippen molar-refractivity contribution in [3.05, 3.63) is 67.0 Å². The molecule has 0 fully saturated rings. The van der Waals surface area contributed by atoms with Gasteiger partial charge in [-0.2, -0.15) is 0 Å². The maximum Gasteiger partial charge on any atom is 0.208 e. The number of hydrogen-bond donors (Lipinski definition) is 0. The Hall–Kier alpha value is -2.07. The lowest BCUT2D eigenvalue weighted by Gasteiger charge is -2.03. The van der Waals surface area contributed by atoms with E-state index in [1.54, 1.807) is 53.1 Å². The highest BCUT2D eigenvalue weighted by atomic mass is 32.2. The van der Waals surface area contributed by atoms with Crippen LogP contribution in [0.4, 0.5) is 0 Å². The molecule has 0 saturated heterocycles. The summed E-state index contributed by atoms with van der Waals surface area (Å²) in [6.45, 7) is 0. The second-order valence-electron chi connectivity index (χ2n) is 3.99. The summed E-state index contributed by atoms with van der Waals surface area (Å²) in [6, 6.07) is 15.6. The molecular weight excluding hydrogens is 246 g/mol. The van der Waals surface area contributed by atoms with Gasteiger partial charge < -0.3 is 4.40 Å². The Morgan fingerprint density at radius 2 is 1.50 bits per heavy atom. The van der Waals surface area contributed by atoms with Gasteiger partial charge >= 0.3 is 0 Å². The molecule has 3 aromatic rings. The van der Waals surface area contributed by atoms with Crippen LogP contribution in [-0.4, -0.2) is 12.8 Å². The number of nitrogens with zero attached hydrogens (tertiary/aromatic N) is 1. The molecule has 2 aromatic heterocycles. The van der Waals surface area contributed by atoms with Crippen LogP contribution in [0.15, 0.2) is 76.8 Å². The summed E-state index contributed by atoms with van der Waals surface area (Å²) in [5.74, 6) is 0. The molecule has 1 aromatic carbocycles. The van der Waals surface area contributed by atoms with E-state index in [0.29, 0.717) is 15.3 Å². The monoisotopic (exact) mass is 257 g/mol. The van der Waals surface area contributed by atoms with Crippen molar-refractivity contribution in [3.8, 4) is 0 Å². The third kappa shape index (κ3) is 1.62. The van der Waals surface area contributed by atoms with Gasteiger partial charge in [0.05, 0.1) is 15.3 Å². The number of hydrogen-bond acceptors (Lipinski definition) is 2. The molecule has 0 aliphatic heterocycles. The third-order valence-corrected chi connectivity index (χ3v) is 4.69. The third-order valence-electron chi connectivity index (χ3n) is 2.87. The summed E-state index contributed by atoms with van der Waals surface area (Å²) in [7, 11) is -3.44. The first-order valence-corrected chi connectivity index (χ1v) is 7.04. The van der Waals surface area contributed by atoms with Crippen molar-refractivity contribution in [3.63, 3.8) is 0 Å². The maximum atomic E-state index is 12.5. The van der Waals surface area contributed by atoms with E-state index < -0.39 is 9.84 Å². The lowest BCUT2D eigenvalue weighted by molar-refractivity contribution is 0.597. The van der Waals surface area contributed by atoms with Crippen LogP contribution in [0.2, 0.25) is 0 Å². The van der Waals surface area contributed by atoms with Gasteiger partial charge in [0.2, 0.25) is 9.84 Å². The number of sulfone groups is 1. The molecule has 2 heterocycles. The second-order valence-corrected chi connectivity index (χ2v) is 5.91. The zero-order valence-electron chi connectivity index (χ0n) is 9.52. The molecule has 4 heteroatoms. The van der Waals surface area contributed by atoms with Crippen molar-refractivity contribution in [2.45, 2.75) is 9.79 Å². The SMILES string of the molecule is O=S(=O)(c1ccccc1)c1ccn2ccccc12. The highest BCUT2D eigenvalue weighted by molar-refractivity contribution is 7.91. The molecule has 90 valence electrons. The summed E-state index contributed by atoms with van der Waals surface area (Å²) in [5, 5.41) is 0. The first-order chi connectivity index (χ1) is 8.69. The van der Waals surface area contributed by atoms with Crippen LogP contribution in [0.1, 0.15) is 0 Å². The summed E-state index contributed by atoms with van der Waals surface area (Å²) in [6.07, 6.45) is 3.59. The molecule has 3 nitrogen and oxygen atoms in total. The van der Waals surface area contributed by atoms with E-state index in [1.165, 1.54) is 0 Å². The lowest BCUT2D eigenvalue weighted by atomic mass is 10.4. The fraction of sp³-hybridized carbons (Fsp3) is 0. The summed E-state index contributed by atoms with van der Waals surface area (Å²) < 4.78 is 26.8. The second kappa shape index (κ2) is 3.99. The maximum absolute atomic E-state index is 12.5. The smallest absolute Gasteiger partial charge is 0.208 e. The van der Waals surface area contributed by atoms with E-state index in [4.69, 9.17) is 0 Å². The highest BCUT2D eigenvalue weighted by Gasteiger charge is 2.20. The van der Waals surface area contributed by atoms with Crippen molar-refractivity contribution in [1.29, 1.82) is 0 Å². The van der Waals surface area contributed by atoms with Crippen LogP contribution in [-0.2, 0) is 9.84 Å².